The quantitative estimate of drug-likeness (QED) is 0.874. The van der Waals surface area contributed by atoms with Crippen LogP contribution in [0.3, 0.4) is 0 Å². The van der Waals surface area contributed by atoms with E-state index < -0.39 is 5.97 Å². The van der Waals surface area contributed by atoms with Crippen molar-refractivity contribution in [3.05, 3.63) is 16.1 Å². The number of nitrogens with one attached hydrogen (secondary N) is 1. The Morgan fingerprint density at radius 2 is 2.29 bits per heavy atom. The van der Waals surface area contributed by atoms with Crippen molar-refractivity contribution in [1.82, 2.24) is 9.97 Å². The summed E-state index contributed by atoms with van der Waals surface area (Å²) in [4.78, 5) is 17.7. The van der Waals surface area contributed by atoms with E-state index in [-0.39, 0.29) is 6.42 Å². The van der Waals surface area contributed by atoms with Crippen LogP contribution in [-0.4, -0.2) is 21.0 Å². The van der Waals surface area contributed by atoms with Crippen molar-refractivity contribution in [1.29, 1.82) is 0 Å². The molecule has 0 radical (unpaired) electrons. The summed E-state index contributed by atoms with van der Waals surface area (Å²) in [6.45, 7) is 4.07. The molecule has 2 N–H and O–H groups in total. The average Bonchev–Trinajstić information content (AvgIpc) is 2.43. The topological polar surface area (TPSA) is 66.0 Å². The number of hydrogen-bond donors (Lipinski definition) is 2. The van der Waals surface area contributed by atoms with Gasteiger partial charge < -0.3 is 10.1 Å². The van der Waals surface area contributed by atoms with Gasteiger partial charge in [0.2, 0.25) is 0 Å². The van der Waals surface area contributed by atoms with Crippen molar-refractivity contribution in [3.8, 4) is 0 Å². The van der Waals surface area contributed by atoms with Crippen molar-refractivity contribution in [2.75, 3.05) is 0 Å². The Morgan fingerprint density at radius 1 is 1.64 bits per heavy atom. The number of carboxylic acid groups (broad SMARTS) is 1. The van der Waals surface area contributed by atoms with E-state index in [1.807, 2.05) is 13.8 Å². The third-order valence-corrected chi connectivity index (χ3v) is 2.54. The van der Waals surface area contributed by atoms with Crippen LogP contribution in [0.25, 0.3) is 0 Å². The molecule has 1 aromatic heterocycles. The first-order valence-electron chi connectivity index (χ1n) is 4.46. The fraction of sp³-hybridized carbons (Fsp3) is 0.556. The molecule has 0 aliphatic rings. The number of aryl methyl sites for hydroxylation is 1. The van der Waals surface area contributed by atoms with Gasteiger partial charge in [-0.2, -0.15) is 0 Å². The van der Waals surface area contributed by atoms with E-state index in [9.17, 15) is 4.79 Å². The standard InChI is InChI=1S/C9H13BrN2O2/c1-5(2)9-11-6(8(10)12-9)3-4-7(13)14/h5H,3-4H2,1-2H3,(H,11,12)(H,13,14). The van der Waals surface area contributed by atoms with Crippen LogP contribution < -0.4 is 0 Å². The van der Waals surface area contributed by atoms with E-state index >= 15 is 0 Å². The maximum absolute atomic E-state index is 10.4. The van der Waals surface area contributed by atoms with Crippen molar-refractivity contribution < 1.29 is 9.90 Å². The molecule has 0 aromatic carbocycles. The van der Waals surface area contributed by atoms with E-state index in [0.717, 1.165) is 16.1 Å². The summed E-state index contributed by atoms with van der Waals surface area (Å²) >= 11 is 3.30. The van der Waals surface area contributed by atoms with Gasteiger partial charge in [0, 0.05) is 18.0 Å². The molecular formula is C9H13BrN2O2. The highest BCUT2D eigenvalue weighted by atomic mass is 79.9. The number of aromatic amines is 1. The molecule has 0 aliphatic carbocycles. The summed E-state index contributed by atoms with van der Waals surface area (Å²) in [7, 11) is 0. The fourth-order valence-electron chi connectivity index (χ4n) is 1.08. The van der Waals surface area contributed by atoms with Gasteiger partial charge in [-0.05, 0) is 15.9 Å². The van der Waals surface area contributed by atoms with Gasteiger partial charge in [0.25, 0.3) is 0 Å². The first kappa shape index (κ1) is 11.2. The summed E-state index contributed by atoms with van der Waals surface area (Å²) in [6.07, 6.45) is 0.605. The van der Waals surface area contributed by atoms with E-state index in [0.29, 0.717) is 12.3 Å². The third kappa shape index (κ3) is 2.83. The summed E-state index contributed by atoms with van der Waals surface area (Å²) in [5.74, 6) is 0.416. The van der Waals surface area contributed by atoms with Gasteiger partial charge in [0.15, 0.2) is 0 Å². The maximum atomic E-state index is 10.4. The SMILES string of the molecule is CC(C)c1nc(Br)c(CCC(=O)O)[nH]1. The largest absolute Gasteiger partial charge is 0.481 e. The molecule has 1 heterocycles. The van der Waals surface area contributed by atoms with Crippen molar-refractivity contribution in [2.24, 2.45) is 0 Å². The number of carbonyl (C=O) groups is 1. The van der Waals surface area contributed by atoms with E-state index in [4.69, 9.17) is 5.11 Å². The highest BCUT2D eigenvalue weighted by Crippen LogP contribution is 2.19. The Bertz CT molecular complexity index is 334. The summed E-state index contributed by atoms with van der Waals surface area (Å²) in [6, 6.07) is 0. The fourth-order valence-corrected chi connectivity index (χ4v) is 1.57. The molecule has 1 aromatic rings. The Kier molecular flexibility index (Phi) is 3.69. The molecule has 1 rings (SSSR count). The van der Waals surface area contributed by atoms with Gasteiger partial charge in [-0.15, -0.1) is 0 Å². The number of rotatable bonds is 4. The lowest BCUT2D eigenvalue weighted by Gasteiger charge is -1.97. The molecule has 0 spiro atoms. The molecule has 14 heavy (non-hydrogen) atoms. The Balaban J connectivity index is 2.72. The monoisotopic (exact) mass is 260 g/mol. The minimum atomic E-state index is -0.794. The highest BCUT2D eigenvalue weighted by molar-refractivity contribution is 9.10. The smallest absolute Gasteiger partial charge is 0.303 e. The van der Waals surface area contributed by atoms with Crippen LogP contribution in [0.4, 0.5) is 0 Å². The lowest BCUT2D eigenvalue weighted by molar-refractivity contribution is -0.136. The number of carboxylic acids is 1. The first-order valence-corrected chi connectivity index (χ1v) is 5.26. The third-order valence-electron chi connectivity index (χ3n) is 1.88. The van der Waals surface area contributed by atoms with Crippen molar-refractivity contribution in [2.45, 2.75) is 32.6 Å². The zero-order chi connectivity index (χ0) is 10.7. The van der Waals surface area contributed by atoms with Gasteiger partial charge >= 0.3 is 5.97 Å². The molecule has 0 unspecified atom stereocenters. The molecular weight excluding hydrogens is 248 g/mol. The number of aliphatic carboxylic acids is 1. The number of hydrogen-bond acceptors (Lipinski definition) is 2. The number of aromatic nitrogens is 2. The number of imidazole rings is 1. The molecule has 4 nitrogen and oxygen atoms in total. The van der Waals surface area contributed by atoms with Crippen LogP contribution in [0.15, 0.2) is 4.60 Å². The van der Waals surface area contributed by atoms with Gasteiger partial charge in [-0.3, -0.25) is 4.79 Å². The first-order chi connectivity index (χ1) is 6.50. The second-order valence-electron chi connectivity index (χ2n) is 3.44. The zero-order valence-corrected chi connectivity index (χ0v) is 9.76. The van der Waals surface area contributed by atoms with Gasteiger partial charge in [0.05, 0.1) is 6.42 Å². The maximum Gasteiger partial charge on any atom is 0.303 e. The molecule has 0 bridgehead atoms. The minimum absolute atomic E-state index is 0.123. The lowest BCUT2D eigenvalue weighted by Crippen LogP contribution is -1.98. The molecule has 0 amide bonds. The predicted octanol–water partition coefficient (Wildman–Crippen LogP) is 2.31. The van der Waals surface area contributed by atoms with Gasteiger partial charge in [-0.1, -0.05) is 13.8 Å². The summed E-state index contributed by atoms with van der Waals surface area (Å²) < 4.78 is 0.724. The van der Waals surface area contributed by atoms with Crippen molar-refractivity contribution >= 4 is 21.9 Å². The second-order valence-corrected chi connectivity index (χ2v) is 4.19. The van der Waals surface area contributed by atoms with Crippen LogP contribution in [0.1, 0.15) is 37.7 Å². The van der Waals surface area contributed by atoms with Crippen LogP contribution in [-0.2, 0) is 11.2 Å². The normalized spacial score (nSPS) is 10.9. The molecule has 5 heteroatoms. The van der Waals surface area contributed by atoms with Crippen LogP contribution in [0.2, 0.25) is 0 Å². The number of nitrogens with zero attached hydrogens (tertiary/aromatic N) is 1. The summed E-state index contributed by atoms with van der Waals surface area (Å²) in [5.41, 5.74) is 0.858. The minimum Gasteiger partial charge on any atom is -0.481 e. The number of H-pyrrole nitrogens is 1. The van der Waals surface area contributed by atoms with Crippen molar-refractivity contribution in [3.63, 3.8) is 0 Å². The number of halogens is 1. The second kappa shape index (κ2) is 4.59. The molecule has 0 fully saturated rings. The van der Waals surface area contributed by atoms with Gasteiger partial charge in [0.1, 0.15) is 10.4 Å². The lowest BCUT2D eigenvalue weighted by atomic mass is 10.2. The van der Waals surface area contributed by atoms with E-state index in [1.165, 1.54) is 0 Å². The Labute approximate surface area is 90.9 Å². The van der Waals surface area contributed by atoms with Crippen LogP contribution in [0.5, 0.6) is 0 Å². The average molecular weight is 261 g/mol. The van der Waals surface area contributed by atoms with Crippen LogP contribution in [0, 0.1) is 0 Å². The molecule has 0 aliphatic heterocycles. The molecule has 0 saturated carbocycles. The summed E-state index contributed by atoms with van der Waals surface area (Å²) in [5, 5.41) is 8.53. The van der Waals surface area contributed by atoms with Gasteiger partial charge in [-0.25, -0.2) is 4.98 Å². The van der Waals surface area contributed by atoms with E-state index in [1.54, 1.807) is 0 Å². The Morgan fingerprint density at radius 3 is 2.71 bits per heavy atom. The molecule has 0 atom stereocenters. The zero-order valence-electron chi connectivity index (χ0n) is 8.17. The molecule has 78 valence electrons. The van der Waals surface area contributed by atoms with E-state index in [2.05, 4.69) is 25.9 Å². The Hall–Kier alpha value is -0.840. The predicted molar refractivity (Wildman–Crippen MR) is 56.3 cm³/mol. The molecule has 0 saturated heterocycles. The highest BCUT2D eigenvalue weighted by Gasteiger charge is 2.11. The van der Waals surface area contributed by atoms with Crippen LogP contribution >= 0.6 is 15.9 Å².